The van der Waals surface area contributed by atoms with E-state index >= 15 is 0 Å². The van der Waals surface area contributed by atoms with Crippen molar-refractivity contribution in [2.45, 2.75) is 26.2 Å². The largest absolute Gasteiger partial charge is 0.356 e. The average Bonchev–Trinajstić information content (AvgIpc) is 3.22. The van der Waals surface area contributed by atoms with E-state index in [0.717, 1.165) is 69.7 Å². The van der Waals surface area contributed by atoms with Gasteiger partial charge in [-0.2, -0.15) is 0 Å². The minimum absolute atomic E-state index is 0.878. The summed E-state index contributed by atoms with van der Waals surface area (Å²) in [5.41, 5.74) is 1.32. The number of aromatic nitrogens is 3. The van der Waals surface area contributed by atoms with Crippen molar-refractivity contribution >= 4 is 11.6 Å². The van der Waals surface area contributed by atoms with Gasteiger partial charge >= 0.3 is 0 Å². The van der Waals surface area contributed by atoms with Crippen molar-refractivity contribution in [3.05, 3.63) is 42.0 Å². The average molecular weight is 352 g/mol. The molecule has 138 valence electrons. The van der Waals surface area contributed by atoms with Crippen molar-refractivity contribution in [3.63, 3.8) is 0 Å². The number of hydrogen-bond donors (Lipinski definition) is 0. The van der Waals surface area contributed by atoms with E-state index in [-0.39, 0.29) is 0 Å². The summed E-state index contributed by atoms with van der Waals surface area (Å²) in [6.45, 7) is 9.58. The van der Waals surface area contributed by atoms with Crippen LogP contribution in [0.5, 0.6) is 0 Å². The standard InChI is InChI=1S/C20H28N6/c1-17-22-19(25-8-2-3-9-25)15-20(23-17)26-13-11-24(12-14-26)10-6-18-5-4-7-21-16-18/h4-5,7,15-16H,2-3,6,8-14H2,1H3. The number of anilines is 2. The molecular formula is C20H28N6. The van der Waals surface area contributed by atoms with Gasteiger partial charge in [-0.05, 0) is 37.8 Å². The van der Waals surface area contributed by atoms with E-state index in [1.807, 2.05) is 25.4 Å². The summed E-state index contributed by atoms with van der Waals surface area (Å²) in [6.07, 6.45) is 7.42. The topological polar surface area (TPSA) is 48.4 Å². The van der Waals surface area contributed by atoms with E-state index < -0.39 is 0 Å². The van der Waals surface area contributed by atoms with Gasteiger partial charge in [-0.3, -0.25) is 9.88 Å². The first-order valence-corrected chi connectivity index (χ1v) is 9.75. The van der Waals surface area contributed by atoms with E-state index in [0.29, 0.717) is 0 Å². The van der Waals surface area contributed by atoms with Gasteiger partial charge in [0.2, 0.25) is 0 Å². The monoisotopic (exact) mass is 352 g/mol. The molecule has 0 saturated carbocycles. The number of aryl methyl sites for hydroxylation is 1. The molecule has 0 N–H and O–H groups in total. The number of nitrogens with zero attached hydrogens (tertiary/aromatic N) is 6. The molecular weight excluding hydrogens is 324 g/mol. The quantitative estimate of drug-likeness (QED) is 0.822. The van der Waals surface area contributed by atoms with Gasteiger partial charge in [0.1, 0.15) is 17.5 Å². The fourth-order valence-electron chi connectivity index (χ4n) is 3.84. The van der Waals surface area contributed by atoms with Crippen LogP contribution in [0.3, 0.4) is 0 Å². The smallest absolute Gasteiger partial charge is 0.134 e. The van der Waals surface area contributed by atoms with Crippen LogP contribution < -0.4 is 9.80 Å². The number of hydrogen-bond acceptors (Lipinski definition) is 6. The third-order valence-electron chi connectivity index (χ3n) is 5.38. The summed E-state index contributed by atoms with van der Waals surface area (Å²) in [6, 6.07) is 6.36. The first-order chi connectivity index (χ1) is 12.8. The Bertz CT molecular complexity index is 705. The molecule has 0 aromatic carbocycles. The summed E-state index contributed by atoms with van der Waals surface area (Å²) in [4.78, 5) is 20.9. The third kappa shape index (κ3) is 4.12. The van der Waals surface area contributed by atoms with Crippen LogP contribution in [0.2, 0.25) is 0 Å². The van der Waals surface area contributed by atoms with Crippen molar-refractivity contribution in [1.82, 2.24) is 19.9 Å². The van der Waals surface area contributed by atoms with E-state index in [9.17, 15) is 0 Å². The summed E-state index contributed by atoms with van der Waals surface area (Å²) < 4.78 is 0. The number of rotatable bonds is 5. The van der Waals surface area contributed by atoms with Gasteiger partial charge in [0, 0.05) is 64.3 Å². The Morgan fingerprint density at radius 3 is 2.27 bits per heavy atom. The molecule has 6 heteroatoms. The lowest BCUT2D eigenvalue weighted by Crippen LogP contribution is -2.47. The van der Waals surface area contributed by atoms with Gasteiger partial charge < -0.3 is 9.80 Å². The Hall–Kier alpha value is -2.21. The summed E-state index contributed by atoms with van der Waals surface area (Å²) in [5.74, 6) is 3.07. The highest BCUT2D eigenvalue weighted by Crippen LogP contribution is 2.23. The molecule has 0 bridgehead atoms. The molecule has 4 heterocycles. The lowest BCUT2D eigenvalue weighted by molar-refractivity contribution is 0.260. The molecule has 0 aliphatic carbocycles. The second kappa shape index (κ2) is 7.99. The Morgan fingerprint density at radius 2 is 1.62 bits per heavy atom. The molecule has 0 unspecified atom stereocenters. The number of pyridine rings is 1. The molecule has 0 amide bonds. The van der Waals surface area contributed by atoms with Gasteiger partial charge in [0.15, 0.2) is 0 Å². The number of piperazine rings is 1. The highest BCUT2D eigenvalue weighted by atomic mass is 15.3. The van der Waals surface area contributed by atoms with Crippen LogP contribution in [-0.2, 0) is 6.42 Å². The maximum atomic E-state index is 4.71. The van der Waals surface area contributed by atoms with Crippen molar-refractivity contribution in [2.75, 3.05) is 55.6 Å². The first kappa shape index (κ1) is 17.2. The van der Waals surface area contributed by atoms with Crippen LogP contribution >= 0.6 is 0 Å². The highest BCUT2D eigenvalue weighted by molar-refractivity contribution is 5.51. The van der Waals surface area contributed by atoms with Crippen LogP contribution in [0.4, 0.5) is 11.6 Å². The van der Waals surface area contributed by atoms with Gasteiger partial charge in [-0.1, -0.05) is 6.07 Å². The maximum Gasteiger partial charge on any atom is 0.134 e. The molecule has 26 heavy (non-hydrogen) atoms. The normalized spacial score (nSPS) is 18.5. The molecule has 2 fully saturated rings. The van der Waals surface area contributed by atoms with Crippen LogP contribution in [0.25, 0.3) is 0 Å². The zero-order valence-corrected chi connectivity index (χ0v) is 15.6. The van der Waals surface area contributed by atoms with Crippen molar-refractivity contribution in [2.24, 2.45) is 0 Å². The summed E-state index contributed by atoms with van der Waals surface area (Å²) >= 11 is 0. The third-order valence-corrected chi connectivity index (χ3v) is 5.38. The van der Waals surface area contributed by atoms with Crippen LogP contribution in [0.15, 0.2) is 30.6 Å². The fourth-order valence-corrected chi connectivity index (χ4v) is 3.84. The predicted molar refractivity (Wildman–Crippen MR) is 105 cm³/mol. The van der Waals surface area contributed by atoms with Gasteiger partial charge in [0.25, 0.3) is 0 Å². The van der Waals surface area contributed by atoms with Gasteiger partial charge in [-0.25, -0.2) is 9.97 Å². The second-order valence-corrected chi connectivity index (χ2v) is 7.27. The Kier molecular flexibility index (Phi) is 5.29. The lowest BCUT2D eigenvalue weighted by atomic mass is 10.2. The molecule has 2 saturated heterocycles. The van der Waals surface area contributed by atoms with E-state index in [4.69, 9.17) is 4.98 Å². The minimum Gasteiger partial charge on any atom is -0.356 e. The Morgan fingerprint density at radius 1 is 0.923 bits per heavy atom. The molecule has 6 nitrogen and oxygen atoms in total. The maximum absolute atomic E-state index is 4.71. The molecule has 2 aliphatic heterocycles. The van der Waals surface area contributed by atoms with Crippen molar-refractivity contribution < 1.29 is 0 Å². The van der Waals surface area contributed by atoms with Gasteiger partial charge in [0.05, 0.1) is 0 Å². The molecule has 2 aromatic heterocycles. The SMILES string of the molecule is Cc1nc(N2CCCC2)cc(N2CCN(CCc3cccnc3)CC2)n1. The van der Waals surface area contributed by atoms with Crippen LogP contribution in [0, 0.1) is 6.92 Å². The predicted octanol–water partition coefficient (Wildman–Crippen LogP) is 2.14. The Balaban J connectivity index is 1.34. The van der Waals surface area contributed by atoms with Crippen LogP contribution in [-0.4, -0.2) is 65.7 Å². The molecule has 2 aromatic rings. The van der Waals surface area contributed by atoms with E-state index in [1.54, 1.807) is 0 Å². The molecule has 0 radical (unpaired) electrons. The lowest BCUT2D eigenvalue weighted by Gasteiger charge is -2.35. The van der Waals surface area contributed by atoms with Crippen molar-refractivity contribution in [1.29, 1.82) is 0 Å². The summed E-state index contributed by atoms with van der Waals surface area (Å²) in [5, 5.41) is 0. The zero-order valence-electron chi connectivity index (χ0n) is 15.6. The van der Waals surface area contributed by atoms with Crippen LogP contribution in [0.1, 0.15) is 24.2 Å². The second-order valence-electron chi connectivity index (χ2n) is 7.27. The Labute approximate surface area is 155 Å². The highest BCUT2D eigenvalue weighted by Gasteiger charge is 2.21. The van der Waals surface area contributed by atoms with E-state index in [2.05, 4.69) is 36.8 Å². The van der Waals surface area contributed by atoms with Gasteiger partial charge in [-0.15, -0.1) is 0 Å². The van der Waals surface area contributed by atoms with Crippen molar-refractivity contribution in [3.8, 4) is 0 Å². The minimum atomic E-state index is 0.878. The van der Waals surface area contributed by atoms with E-state index in [1.165, 1.54) is 18.4 Å². The fraction of sp³-hybridized carbons (Fsp3) is 0.550. The molecule has 0 spiro atoms. The first-order valence-electron chi connectivity index (χ1n) is 9.75. The molecule has 4 rings (SSSR count). The molecule has 0 atom stereocenters. The zero-order chi connectivity index (χ0) is 17.8. The molecule has 2 aliphatic rings. The summed E-state index contributed by atoms with van der Waals surface area (Å²) in [7, 11) is 0.